The molecule has 0 saturated carbocycles. The Morgan fingerprint density at radius 1 is 1.13 bits per heavy atom. The van der Waals surface area contributed by atoms with E-state index >= 15 is 0 Å². The number of ether oxygens (including phenoxy) is 2. The Morgan fingerprint density at radius 3 is 2.52 bits per heavy atom. The molecule has 0 fully saturated rings. The van der Waals surface area contributed by atoms with Crippen LogP contribution < -0.4 is 14.9 Å². The number of non-ortho nitro benzene ring substituents is 1. The van der Waals surface area contributed by atoms with Crippen LogP contribution in [0.4, 0.5) is 11.4 Å². The highest BCUT2D eigenvalue weighted by Gasteiger charge is 2.12. The molecule has 7 heteroatoms. The van der Waals surface area contributed by atoms with Crippen LogP contribution in [0.2, 0.25) is 0 Å². The van der Waals surface area contributed by atoms with Gasteiger partial charge in [0.1, 0.15) is 6.61 Å². The van der Waals surface area contributed by atoms with Crippen LogP contribution in [0.25, 0.3) is 0 Å². The fraction of sp³-hybridized carbons (Fsp3) is 0.125. The van der Waals surface area contributed by atoms with Gasteiger partial charge in [-0.1, -0.05) is 36.4 Å². The first-order valence-electron chi connectivity index (χ1n) is 9.62. The highest BCUT2D eigenvalue weighted by Crippen LogP contribution is 2.34. The second kappa shape index (κ2) is 10.6. The van der Waals surface area contributed by atoms with E-state index in [1.165, 1.54) is 12.1 Å². The molecular formula is C24H23N3O4. The average molecular weight is 417 g/mol. The number of methoxy groups -OCH3 is 1. The van der Waals surface area contributed by atoms with Crippen LogP contribution in [0.3, 0.4) is 0 Å². The van der Waals surface area contributed by atoms with E-state index in [1.54, 1.807) is 31.5 Å². The van der Waals surface area contributed by atoms with Crippen molar-refractivity contribution in [2.24, 2.45) is 5.10 Å². The normalized spacial score (nSPS) is 10.6. The zero-order chi connectivity index (χ0) is 22.1. The molecule has 158 valence electrons. The van der Waals surface area contributed by atoms with Crippen molar-refractivity contribution in [3.63, 3.8) is 0 Å². The van der Waals surface area contributed by atoms with Gasteiger partial charge in [-0.3, -0.25) is 15.5 Å². The number of hydrazone groups is 1. The third-order valence-corrected chi connectivity index (χ3v) is 4.45. The zero-order valence-electron chi connectivity index (χ0n) is 17.2. The molecule has 0 aliphatic rings. The van der Waals surface area contributed by atoms with Crippen LogP contribution in [0, 0.1) is 10.1 Å². The number of hydrogen-bond donors (Lipinski definition) is 1. The number of nitrogens with zero attached hydrogens (tertiary/aromatic N) is 2. The van der Waals surface area contributed by atoms with E-state index < -0.39 is 4.92 Å². The van der Waals surface area contributed by atoms with Gasteiger partial charge in [0.2, 0.25) is 0 Å². The molecule has 0 aliphatic carbocycles. The van der Waals surface area contributed by atoms with Crippen molar-refractivity contribution in [2.75, 3.05) is 12.5 Å². The Morgan fingerprint density at radius 2 is 1.87 bits per heavy atom. The van der Waals surface area contributed by atoms with Gasteiger partial charge >= 0.3 is 0 Å². The predicted octanol–water partition coefficient (Wildman–Crippen LogP) is 5.36. The van der Waals surface area contributed by atoms with Crippen molar-refractivity contribution in [3.05, 3.63) is 106 Å². The fourth-order valence-electron chi connectivity index (χ4n) is 2.95. The minimum atomic E-state index is -0.443. The maximum Gasteiger partial charge on any atom is 0.269 e. The zero-order valence-corrected chi connectivity index (χ0v) is 17.2. The van der Waals surface area contributed by atoms with Crippen molar-refractivity contribution < 1.29 is 14.4 Å². The van der Waals surface area contributed by atoms with E-state index in [0.29, 0.717) is 30.2 Å². The summed E-state index contributed by atoms with van der Waals surface area (Å²) in [5.41, 5.74) is 6.34. The summed E-state index contributed by atoms with van der Waals surface area (Å²) in [4.78, 5) is 10.3. The minimum absolute atomic E-state index is 0.0272. The molecule has 0 bridgehead atoms. The first-order chi connectivity index (χ1) is 15.1. The summed E-state index contributed by atoms with van der Waals surface area (Å²) < 4.78 is 11.6. The minimum Gasteiger partial charge on any atom is -0.493 e. The lowest BCUT2D eigenvalue weighted by molar-refractivity contribution is -0.384. The summed E-state index contributed by atoms with van der Waals surface area (Å²) in [5.74, 6) is 1.28. The lowest BCUT2D eigenvalue weighted by atomic mass is 10.1. The summed E-state index contributed by atoms with van der Waals surface area (Å²) in [6.45, 7) is 4.26. The Kier molecular flexibility index (Phi) is 7.37. The summed E-state index contributed by atoms with van der Waals surface area (Å²) in [7, 11) is 1.60. The van der Waals surface area contributed by atoms with Crippen molar-refractivity contribution >= 4 is 17.6 Å². The number of allylic oxidation sites excluding steroid dienone is 1. The largest absolute Gasteiger partial charge is 0.493 e. The van der Waals surface area contributed by atoms with Gasteiger partial charge in [-0.25, -0.2) is 0 Å². The molecule has 0 saturated heterocycles. The van der Waals surface area contributed by atoms with Gasteiger partial charge in [-0.05, 0) is 41.8 Å². The van der Waals surface area contributed by atoms with Crippen molar-refractivity contribution in [1.82, 2.24) is 0 Å². The second-order valence-corrected chi connectivity index (χ2v) is 6.65. The lowest BCUT2D eigenvalue weighted by Gasteiger charge is -2.16. The molecule has 0 aromatic heterocycles. The van der Waals surface area contributed by atoms with Gasteiger partial charge in [0, 0.05) is 17.7 Å². The van der Waals surface area contributed by atoms with E-state index in [2.05, 4.69) is 17.1 Å². The van der Waals surface area contributed by atoms with E-state index in [1.807, 2.05) is 42.5 Å². The van der Waals surface area contributed by atoms with Crippen LogP contribution in [-0.2, 0) is 13.0 Å². The van der Waals surface area contributed by atoms with E-state index in [4.69, 9.17) is 9.47 Å². The quantitative estimate of drug-likeness (QED) is 0.208. The number of hydrogen-bond acceptors (Lipinski definition) is 6. The van der Waals surface area contributed by atoms with Gasteiger partial charge < -0.3 is 9.47 Å². The SMILES string of the molecule is C=CCc1cc(/C=N/Nc2ccc([N+](=O)[O-])cc2)cc(OC)c1OCc1ccccc1. The van der Waals surface area contributed by atoms with Gasteiger partial charge in [0.15, 0.2) is 11.5 Å². The molecule has 1 N–H and O–H groups in total. The van der Waals surface area contributed by atoms with Gasteiger partial charge in [0.05, 0.1) is 23.9 Å². The molecule has 0 radical (unpaired) electrons. The van der Waals surface area contributed by atoms with Crippen LogP contribution >= 0.6 is 0 Å². The van der Waals surface area contributed by atoms with E-state index in [0.717, 1.165) is 16.7 Å². The van der Waals surface area contributed by atoms with Crippen LogP contribution in [-0.4, -0.2) is 18.2 Å². The van der Waals surface area contributed by atoms with Crippen LogP contribution in [0.1, 0.15) is 16.7 Å². The second-order valence-electron chi connectivity index (χ2n) is 6.65. The first-order valence-corrected chi connectivity index (χ1v) is 9.62. The lowest BCUT2D eigenvalue weighted by Crippen LogP contribution is -2.02. The standard InChI is InChI=1S/C24H23N3O4/c1-3-7-20-14-19(16-25-26-21-10-12-22(13-11-21)27(28)29)15-23(30-2)24(20)31-17-18-8-5-4-6-9-18/h3-6,8-16,26H,1,7,17H2,2H3/b25-16+. The predicted molar refractivity (Wildman–Crippen MR) is 122 cm³/mol. The molecule has 3 aromatic rings. The smallest absolute Gasteiger partial charge is 0.269 e. The Balaban J connectivity index is 1.77. The molecule has 0 spiro atoms. The van der Waals surface area contributed by atoms with Crippen LogP contribution in [0.15, 0.2) is 84.5 Å². The monoisotopic (exact) mass is 417 g/mol. The summed E-state index contributed by atoms with van der Waals surface area (Å²) in [5, 5.41) is 15.0. The van der Waals surface area contributed by atoms with Crippen molar-refractivity contribution in [3.8, 4) is 11.5 Å². The number of nitro benzene ring substituents is 1. The van der Waals surface area contributed by atoms with Gasteiger partial charge in [-0.15, -0.1) is 6.58 Å². The highest BCUT2D eigenvalue weighted by atomic mass is 16.6. The molecule has 0 aliphatic heterocycles. The van der Waals surface area contributed by atoms with Gasteiger partial charge in [0.25, 0.3) is 5.69 Å². The summed E-state index contributed by atoms with van der Waals surface area (Å²) in [6, 6.07) is 19.8. The van der Waals surface area contributed by atoms with Crippen LogP contribution in [0.5, 0.6) is 11.5 Å². The third kappa shape index (κ3) is 5.93. The Hall–Kier alpha value is -4.13. The number of benzene rings is 3. The van der Waals surface area contributed by atoms with E-state index in [-0.39, 0.29) is 5.69 Å². The maximum absolute atomic E-state index is 10.7. The molecular weight excluding hydrogens is 394 g/mol. The van der Waals surface area contributed by atoms with Crippen molar-refractivity contribution in [1.29, 1.82) is 0 Å². The first kappa shape index (κ1) is 21.6. The average Bonchev–Trinajstić information content (AvgIpc) is 2.79. The molecule has 0 atom stereocenters. The third-order valence-electron chi connectivity index (χ3n) is 4.45. The molecule has 0 unspecified atom stereocenters. The summed E-state index contributed by atoms with van der Waals surface area (Å²) >= 11 is 0. The number of rotatable bonds is 10. The molecule has 0 heterocycles. The maximum atomic E-state index is 10.7. The van der Waals surface area contributed by atoms with E-state index in [9.17, 15) is 10.1 Å². The number of nitro groups is 1. The molecule has 0 amide bonds. The summed E-state index contributed by atoms with van der Waals surface area (Å²) in [6.07, 6.45) is 4.07. The topological polar surface area (TPSA) is 86.0 Å². The Labute approximate surface area is 180 Å². The Bertz CT molecular complexity index is 1060. The van der Waals surface area contributed by atoms with Crippen molar-refractivity contribution in [2.45, 2.75) is 13.0 Å². The molecule has 3 aromatic carbocycles. The number of anilines is 1. The highest BCUT2D eigenvalue weighted by molar-refractivity contribution is 5.82. The fourth-order valence-corrected chi connectivity index (χ4v) is 2.95. The number of nitrogens with one attached hydrogen (secondary N) is 1. The molecule has 3 rings (SSSR count). The molecule has 7 nitrogen and oxygen atoms in total. The molecule has 31 heavy (non-hydrogen) atoms. The van der Waals surface area contributed by atoms with Gasteiger partial charge in [-0.2, -0.15) is 5.10 Å².